The van der Waals surface area contributed by atoms with Crippen LogP contribution in [-0.4, -0.2) is 23.8 Å². The van der Waals surface area contributed by atoms with Crippen LogP contribution in [0, 0.1) is 15.5 Å². The van der Waals surface area contributed by atoms with Gasteiger partial charge in [0.1, 0.15) is 0 Å². The maximum absolute atomic E-state index is 11.5. The molecule has 114 valence electrons. The topological polar surface area (TPSA) is 63.5 Å². The molecule has 1 aromatic rings. The van der Waals surface area contributed by atoms with E-state index in [0.29, 0.717) is 5.41 Å². The highest BCUT2D eigenvalue weighted by Gasteiger charge is 2.29. The number of piperidine rings is 1. The van der Waals surface area contributed by atoms with Crippen LogP contribution in [0.1, 0.15) is 50.4 Å². The maximum atomic E-state index is 11.5. The third-order valence-corrected chi connectivity index (χ3v) is 4.75. The molecular formula is C16H22N2O3. The molecule has 0 unspecified atom stereocenters. The molecule has 0 atom stereocenters. The maximum Gasteiger partial charge on any atom is 0.282 e. The fourth-order valence-corrected chi connectivity index (χ4v) is 2.82. The van der Waals surface area contributed by atoms with E-state index in [-0.39, 0.29) is 17.0 Å². The predicted octanol–water partition coefficient (Wildman–Crippen LogP) is 3.81. The van der Waals surface area contributed by atoms with Crippen molar-refractivity contribution in [2.45, 2.75) is 40.0 Å². The minimum Gasteiger partial charge on any atom is -0.371 e. The standard InChI is InChI=1S/C16H22N2O3/c1-4-16(3)7-9-17(10-8-16)13-5-6-14(12(2)19)15(11-13)18(20)21/h5-6,11H,4,7-10H2,1-3H3. The van der Waals surface area contributed by atoms with Crippen LogP contribution in [0.3, 0.4) is 0 Å². The third-order valence-electron chi connectivity index (χ3n) is 4.75. The molecule has 1 heterocycles. The SMILES string of the molecule is CCC1(C)CCN(c2ccc(C(C)=O)c([N+](=O)[O-])c2)CC1. The Balaban J connectivity index is 2.24. The Bertz CT molecular complexity index is 561. The van der Waals surface area contributed by atoms with Gasteiger partial charge in [0, 0.05) is 24.8 Å². The minimum absolute atomic E-state index is 0.0937. The molecule has 2 rings (SSSR count). The fourth-order valence-electron chi connectivity index (χ4n) is 2.82. The minimum atomic E-state index is -0.472. The van der Waals surface area contributed by atoms with E-state index in [0.717, 1.165) is 38.0 Å². The number of hydrogen-bond acceptors (Lipinski definition) is 4. The van der Waals surface area contributed by atoms with Crippen LogP contribution in [0.25, 0.3) is 0 Å². The second-order valence-corrected chi connectivity index (χ2v) is 6.17. The molecule has 0 aliphatic carbocycles. The highest BCUT2D eigenvalue weighted by atomic mass is 16.6. The first-order chi connectivity index (χ1) is 9.86. The van der Waals surface area contributed by atoms with Crippen LogP contribution >= 0.6 is 0 Å². The van der Waals surface area contributed by atoms with E-state index >= 15 is 0 Å². The normalized spacial score (nSPS) is 17.6. The number of carbonyl (C=O) groups is 1. The van der Waals surface area contributed by atoms with E-state index in [2.05, 4.69) is 18.7 Å². The summed E-state index contributed by atoms with van der Waals surface area (Å²) in [5, 5.41) is 11.1. The monoisotopic (exact) mass is 290 g/mol. The van der Waals surface area contributed by atoms with E-state index in [1.54, 1.807) is 6.07 Å². The van der Waals surface area contributed by atoms with Gasteiger partial charge in [0.25, 0.3) is 5.69 Å². The van der Waals surface area contributed by atoms with E-state index in [1.165, 1.54) is 13.0 Å². The van der Waals surface area contributed by atoms with Crippen molar-refractivity contribution >= 4 is 17.2 Å². The first kappa shape index (κ1) is 15.5. The van der Waals surface area contributed by atoms with Crippen molar-refractivity contribution in [3.8, 4) is 0 Å². The zero-order chi connectivity index (χ0) is 15.6. The summed E-state index contributed by atoms with van der Waals surface area (Å²) in [6, 6.07) is 4.92. The van der Waals surface area contributed by atoms with E-state index < -0.39 is 4.92 Å². The third kappa shape index (κ3) is 3.23. The largest absolute Gasteiger partial charge is 0.371 e. The average molecular weight is 290 g/mol. The summed E-state index contributed by atoms with van der Waals surface area (Å²) in [6.07, 6.45) is 3.34. The van der Waals surface area contributed by atoms with E-state index in [1.807, 2.05) is 6.07 Å². The molecule has 0 saturated carbocycles. The molecule has 21 heavy (non-hydrogen) atoms. The Morgan fingerprint density at radius 1 is 1.38 bits per heavy atom. The molecule has 0 bridgehead atoms. The van der Waals surface area contributed by atoms with Crippen LogP contribution in [0.5, 0.6) is 0 Å². The van der Waals surface area contributed by atoms with Gasteiger partial charge in [-0.25, -0.2) is 0 Å². The number of hydrogen-bond donors (Lipinski definition) is 0. The molecule has 5 nitrogen and oxygen atoms in total. The van der Waals surface area contributed by atoms with Crippen molar-refractivity contribution in [3.63, 3.8) is 0 Å². The summed E-state index contributed by atoms with van der Waals surface area (Å²) in [6.45, 7) is 7.67. The van der Waals surface area contributed by atoms with Crippen molar-refractivity contribution in [2.75, 3.05) is 18.0 Å². The second-order valence-electron chi connectivity index (χ2n) is 6.17. The zero-order valence-electron chi connectivity index (χ0n) is 12.9. The van der Waals surface area contributed by atoms with E-state index in [9.17, 15) is 14.9 Å². The number of nitro benzene ring substituents is 1. The van der Waals surface area contributed by atoms with Crippen LogP contribution in [0.4, 0.5) is 11.4 Å². The molecule has 5 heteroatoms. The smallest absolute Gasteiger partial charge is 0.282 e. The van der Waals surface area contributed by atoms with Gasteiger partial charge in [-0.2, -0.15) is 0 Å². The molecular weight excluding hydrogens is 268 g/mol. The predicted molar refractivity (Wildman–Crippen MR) is 82.9 cm³/mol. The summed E-state index contributed by atoms with van der Waals surface area (Å²) in [4.78, 5) is 24.3. The highest BCUT2D eigenvalue weighted by molar-refractivity contribution is 5.98. The lowest BCUT2D eigenvalue weighted by molar-refractivity contribution is -0.385. The van der Waals surface area contributed by atoms with Gasteiger partial charge in [-0.1, -0.05) is 20.3 Å². The highest BCUT2D eigenvalue weighted by Crippen LogP contribution is 2.36. The second kappa shape index (κ2) is 5.84. The van der Waals surface area contributed by atoms with Crippen LogP contribution in [0.15, 0.2) is 18.2 Å². The molecule has 1 aliphatic heterocycles. The number of carbonyl (C=O) groups excluding carboxylic acids is 1. The van der Waals surface area contributed by atoms with Gasteiger partial charge in [-0.3, -0.25) is 14.9 Å². The van der Waals surface area contributed by atoms with Crippen molar-refractivity contribution in [3.05, 3.63) is 33.9 Å². The average Bonchev–Trinajstić information content (AvgIpc) is 2.47. The molecule has 1 aliphatic rings. The van der Waals surface area contributed by atoms with Gasteiger partial charge in [-0.05, 0) is 37.3 Å². The number of benzene rings is 1. The van der Waals surface area contributed by atoms with Gasteiger partial charge in [0.15, 0.2) is 5.78 Å². The van der Waals surface area contributed by atoms with Crippen molar-refractivity contribution in [1.82, 2.24) is 0 Å². The summed E-state index contributed by atoms with van der Waals surface area (Å²) >= 11 is 0. The Morgan fingerprint density at radius 3 is 2.48 bits per heavy atom. The zero-order valence-corrected chi connectivity index (χ0v) is 12.9. The van der Waals surface area contributed by atoms with Gasteiger partial charge in [0.2, 0.25) is 0 Å². The molecule has 1 fully saturated rings. The van der Waals surface area contributed by atoms with Gasteiger partial charge in [-0.15, -0.1) is 0 Å². The molecule has 0 N–H and O–H groups in total. The number of rotatable bonds is 4. The summed E-state index contributed by atoms with van der Waals surface area (Å²) in [7, 11) is 0. The van der Waals surface area contributed by atoms with Crippen molar-refractivity contribution in [1.29, 1.82) is 0 Å². The molecule has 1 saturated heterocycles. The van der Waals surface area contributed by atoms with Gasteiger partial charge < -0.3 is 4.90 Å². The Morgan fingerprint density at radius 2 is 2.00 bits per heavy atom. The van der Waals surface area contributed by atoms with Crippen molar-refractivity contribution in [2.24, 2.45) is 5.41 Å². The lowest BCUT2D eigenvalue weighted by Gasteiger charge is -2.40. The summed E-state index contributed by atoms with van der Waals surface area (Å²) in [5.41, 5.74) is 1.30. The van der Waals surface area contributed by atoms with Crippen LogP contribution in [-0.2, 0) is 0 Å². The van der Waals surface area contributed by atoms with Crippen LogP contribution < -0.4 is 4.90 Å². The van der Waals surface area contributed by atoms with Gasteiger partial charge in [0.05, 0.1) is 10.5 Å². The number of ketones is 1. The molecule has 0 aromatic heterocycles. The number of nitro groups is 1. The Kier molecular flexibility index (Phi) is 4.30. The molecule has 0 amide bonds. The molecule has 0 radical (unpaired) electrons. The quantitative estimate of drug-likeness (QED) is 0.480. The Hall–Kier alpha value is -1.91. The number of Topliss-reactive ketones (excluding diaryl/α,β-unsaturated/α-hetero) is 1. The Labute approximate surface area is 125 Å². The van der Waals surface area contributed by atoms with Gasteiger partial charge >= 0.3 is 0 Å². The number of nitrogens with zero attached hydrogens (tertiary/aromatic N) is 2. The lowest BCUT2D eigenvalue weighted by atomic mass is 9.78. The van der Waals surface area contributed by atoms with E-state index in [4.69, 9.17) is 0 Å². The molecule has 0 spiro atoms. The number of anilines is 1. The first-order valence-corrected chi connectivity index (χ1v) is 7.40. The van der Waals surface area contributed by atoms with Crippen LogP contribution in [0.2, 0.25) is 0 Å². The molecule has 1 aromatic carbocycles. The fraction of sp³-hybridized carbons (Fsp3) is 0.562. The van der Waals surface area contributed by atoms with Crippen molar-refractivity contribution < 1.29 is 9.72 Å². The lowest BCUT2D eigenvalue weighted by Crippen LogP contribution is -2.38. The summed E-state index contributed by atoms with van der Waals surface area (Å²) < 4.78 is 0. The first-order valence-electron chi connectivity index (χ1n) is 7.40. The summed E-state index contributed by atoms with van der Waals surface area (Å²) in [5.74, 6) is -0.273.